The normalized spacial score (nSPS) is 19.5. The summed E-state index contributed by atoms with van der Waals surface area (Å²) in [4.78, 5) is 56.2. The molecule has 1 saturated heterocycles. The van der Waals surface area contributed by atoms with Gasteiger partial charge >= 0.3 is 4.87 Å². The Morgan fingerprint density at radius 2 is 1.55 bits per heavy atom. The lowest BCUT2D eigenvalue weighted by Crippen LogP contribution is -2.33. The average molecular weight is 592 g/mol. The summed E-state index contributed by atoms with van der Waals surface area (Å²) in [5.74, 6) is -2.09. The number of thiazole rings is 1. The summed E-state index contributed by atoms with van der Waals surface area (Å²) in [5, 5.41) is 4.71. The second-order valence-electron chi connectivity index (χ2n) is 10.5. The Labute approximate surface area is 249 Å². The van der Waals surface area contributed by atoms with Gasteiger partial charge < -0.3 is 5.32 Å². The maximum atomic E-state index is 14.0. The Hall–Kier alpha value is -4.47. The third-order valence-electron chi connectivity index (χ3n) is 7.87. The van der Waals surface area contributed by atoms with Crippen molar-refractivity contribution in [3.63, 3.8) is 0 Å². The van der Waals surface area contributed by atoms with E-state index in [9.17, 15) is 19.2 Å². The molecule has 9 heteroatoms. The van der Waals surface area contributed by atoms with Crippen LogP contribution in [-0.2, 0) is 20.9 Å². The molecule has 2 aliphatic heterocycles. The highest BCUT2D eigenvalue weighted by atomic mass is 32.2. The highest BCUT2D eigenvalue weighted by molar-refractivity contribution is 8.00. The van der Waals surface area contributed by atoms with E-state index in [1.807, 2.05) is 91.9 Å². The minimum atomic E-state index is -0.724. The first kappa shape index (κ1) is 26.4. The number of carbonyl (C=O) groups is 3. The molecular formula is C33H25N3O4S2. The molecule has 0 saturated carbocycles. The van der Waals surface area contributed by atoms with E-state index in [2.05, 4.69) is 5.32 Å². The smallest absolute Gasteiger partial charge is 0.308 e. The molecule has 1 fully saturated rings. The fraction of sp³-hybridized carbons (Fsp3) is 0.152. The van der Waals surface area contributed by atoms with Crippen molar-refractivity contribution in [3.8, 4) is 0 Å². The first-order valence-corrected chi connectivity index (χ1v) is 15.3. The molecule has 0 bridgehead atoms. The first-order chi connectivity index (χ1) is 20.4. The van der Waals surface area contributed by atoms with Crippen LogP contribution in [0.25, 0.3) is 10.8 Å². The number of nitrogens with one attached hydrogen (secondary N) is 1. The maximum Gasteiger partial charge on any atom is 0.308 e. The molecule has 0 radical (unpaired) electrons. The van der Waals surface area contributed by atoms with Gasteiger partial charge in [-0.3, -0.25) is 23.7 Å². The van der Waals surface area contributed by atoms with Gasteiger partial charge in [0.2, 0.25) is 17.7 Å². The number of benzene rings is 4. The van der Waals surface area contributed by atoms with Crippen LogP contribution in [0.15, 0.2) is 107 Å². The quantitative estimate of drug-likeness (QED) is 0.261. The van der Waals surface area contributed by atoms with E-state index >= 15 is 0 Å². The van der Waals surface area contributed by atoms with E-state index in [0.29, 0.717) is 21.3 Å². The molecule has 5 aromatic rings. The Bertz CT molecular complexity index is 1930. The number of amides is 3. The van der Waals surface area contributed by atoms with E-state index in [0.717, 1.165) is 33.2 Å². The molecular weight excluding hydrogens is 567 g/mol. The number of hydrogen-bond donors (Lipinski definition) is 1. The predicted octanol–water partition coefficient (Wildman–Crippen LogP) is 5.81. The second kappa shape index (κ2) is 10.4. The van der Waals surface area contributed by atoms with E-state index in [1.54, 1.807) is 12.1 Å². The Balaban J connectivity index is 1.27. The Morgan fingerprint density at radius 3 is 2.33 bits per heavy atom. The van der Waals surface area contributed by atoms with Crippen LogP contribution in [0.1, 0.15) is 21.9 Å². The molecule has 7 rings (SSSR count). The molecule has 4 aromatic carbocycles. The van der Waals surface area contributed by atoms with Gasteiger partial charge in [-0.1, -0.05) is 108 Å². The van der Waals surface area contributed by atoms with Crippen molar-refractivity contribution in [1.29, 1.82) is 0 Å². The van der Waals surface area contributed by atoms with Crippen molar-refractivity contribution in [2.24, 2.45) is 5.92 Å². The minimum Gasteiger partial charge on any atom is -0.324 e. The highest BCUT2D eigenvalue weighted by Gasteiger charge is 2.56. The molecule has 2 aliphatic rings. The zero-order valence-electron chi connectivity index (χ0n) is 22.5. The van der Waals surface area contributed by atoms with Crippen LogP contribution in [0.3, 0.4) is 0 Å². The lowest BCUT2D eigenvalue weighted by molar-refractivity contribution is -0.122. The molecule has 3 heterocycles. The third-order valence-corrected chi connectivity index (χ3v) is 10.5. The molecule has 208 valence electrons. The first-order valence-electron chi connectivity index (χ1n) is 13.6. The Kier molecular flexibility index (Phi) is 6.56. The van der Waals surface area contributed by atoms with Gasteiger partial charge in [-0.25, -0.2) is 4.90 Å². The second-order valence-corrected chi connectivity index (χ2v) is 12.6. The zero-order valence-corrected chi connectivity index (χ0v) is 24.2. The lowest BCUT2D eigenvalue weighted by atomic mass is 9.83. The number of hydrogen-bond acceptors (Lipinski definition) is 6. The van der Waals surface area contributed by atoms with Gasteiger partial charge in [-0.15, -0.1) is 0 Å². The van der Waals surface area contributed by atoms with Gasteiger partial charge in [0, 0.05) is 21.9 Å². The van der Waals surface area contributed by atoms with Gasteiger partial charge in [0.25, 0.3) is 0 Å². The van der Waals surface area contributed by atoms with Gasteiger partial charge in [0.1, 0.15) is 11.8 Å². The van der Waals surface area contributed by atoms with Crippen LogP contribution in [0.4, 0.5) is 11.4 Å². The summed E-state index contributed by atoms with van der Waals surface area (Å²) < 4.78 is 1.45. The van der Waals surface area contributed by atoms with Gasteiger partial charge in [0.05, 0.1) is 16.6 Å². The molecule has 1 aromatic heterocycles. The molecule has 0 spiro atoms. The van der Waals surface area contributed by atoms with Crippen molar-refractivity contribution in [1.82, 2.24) is 4.57 Å². The van der Waals surface area contributed by atoms with Crippen LogP contribution in [0.5, 0.6) is 0 Å². The number of imide groups is 1. The summed E-state index contributed by atoms with van der Waals surface area (Å²) in [7, 11) is 0. The lowest BCUT2D eigenvalue weighted by Gasteiger charge is -2.30. The van der Waals surface area contributed by atoms with Crippen LogP contribution < -0.4 is 15.1 Å². The number of aryl methyl sites for hydroxylation is 1. The SMILES string of the molecule is Cc1ccc(N2C(=O)C3Sc4c(sc(=O)n4CC(=O)Nc4cccc5ccccc45)C(c4ccccc4)C3C2=O)cc1. The van der Waals surface area contributed by atoms with Crippen molar-refractivity contribution in [2.75, 3.05) is 10.2 Å². The van der Waals surface area contributed by atoms with Crippen molar-refractivity contribution in [2.45, 2.75) is 29.7 Å². The summed E-state index contributed by atoms with van der Waals surface area (Å²) in [6.45, 7) is 1.75. The summed E-state index contributed by atoms with van der Waals surface area (Å²) in [5.41, 5.74) is 3.08. The number of anilines is 2. The van der Waals surface area contributed by atoms with E-state index < -0.39 is 17.1 Å². The fourth-order valence-corrected chi connectivity index (χ4v) is 8.66. The third kappa shape index (κ3) is 4.36. The highest BCUT2D eigenvalue weighted by Crippen LogP contribution is 2.53. The van der Waals surface area contributed by atoms with Crippen LogP contribution in [0, 0.1) is 12.8 Å². The zero-order chi connectivity index (χ0) is 29.0. The largest absolute Gasteiger partial charge is 0.324 e. The minimum absolute atomic E-state index is 0.205. The number of nitrogens with zero attached hydrogens (tertiary/aromatic N) is 2. The Morgan fingerprint density at radius 1 is 0.833 bits per heavy atom. The van der Waals surface area contributed by atoms with Crippen molar-refractivity contribution >= 4 is 63.0 Å². The fourth-order valence-electron chi connectivity index (χ4n) is 5.89. The number of rotatable bonds is 5. The van der Waals surface area contributed by atoms with E-state index in [1.165, 1.54) is 21.2 Å². The molecule has 3 unspecified atom stereocenters. The molecule has 42 heavy (non-hydrogen) atoms. The molecule has 0 aliphatic carbocycles. The van der Waals surface area contributed by atoms with Crippen molar-refractivity contribution in [3.05, 3.63) is 123 Å². The van der Waals surface area contributed by atoms with Crippen molar-refractivity contribution < 1.29 is 14.4 Å². The molecule has 1 N–H and O–H groups in total. The van der Waals surface area contributed by atoms with Gasteiger partial charge in [0.15, 0.2) is 0 Å². The summed E-state index contributed by atoms with van der Waals surface area (Å²) >= 11 is 2.27. The van der Waals surface area contributed by atoms with Gasteiger partial charge in [-0.2, -0.15) is 0 Å². The number of thioether (sulfide) groups is 1. The standard InChI is InChI=1S/C33H25N3O4S2/c1-19-14-16-22(17-15-19)36-30(38)27-26(21-9-3-2-4-10-21)29-32(41-28(27)31(36)39)35(33(40)42-29)18-25(37)34-24-13-7-11-20-8-5-6-12-23(20)24/h2-17,26-28H,18H2,1H3,(H,34,37). The summed E-state index contributed by atoms with van der Waals surface area (Å²) in [6, 6.07) is 30.3. The average Bonchev–Trinajstić information content (AvgIpc) is 3.44. The number of aromatic nitrogens is 1. The van der Waals surface area contributed by atoms with Crippen LogP contribution >= 0.6 is 23.1 Å². The number of fused-ring (bicyclic) bond motifs is 3. The van der Waals surface area contributed by atoms with E-state index in [-0.39, 0.29) is 29.1 Å². The summed E-state index contributed by atoms with van der Waals surface area (Å²) in [6.07, 6.45) is 0. The van der Waals surface area contributed by atoms with Gasteiger partial charge in [-0.05, 0) is 36.1 Å². The van der Waals surface area contributed by atoms with Crippen LogP contribution in [0.2, 0.25) is 0 Å². The monoisotopic (exact) mass is 591 g/mol. The number of carbonyl (C=O) groups excluding carboxylic acids is 3. The van der Waals surface area contributed by atoms with E-state index in [4.69, 9.17) is 0 Å². The molecule has 7 nitrogen and oxygen atoms in total. The van der Waals surface area contributed by atoms with Crippen LogP contribution in [-0.4, -0.2) is 27.5 Å². The molecule has 3 atom stereocenters. The predicted molar refractivity (Wildman–Crippen MR) is 166 cm³/mol. The maximum absolute atomic E-state index is 14.0. The molecule has 3 amide bonds. The topological polar surface area (TPSA) is 88.5 Å².